The molecule has 0 spiro atoms. The Balaban J connectivity index is 1.71. The van der Waals surface area contributed by atoms with Gasteiger partial charge < -0.3 is 10.6 Å². The van der Waals surface area contributed by atoms with Crippen molar-refractivity contribution < 1.29 is 44.9 Å². The predicted octanol–water partition coefficient (Wildman–Crippen LogP) is 3.94. The van der Waals surface area contributed by atoms with Crippen molar-refractivity contribution in [1.82, 2.24) is 24.8 Å². The van der Waals surface area contributed by atoms with Crippen molar-refractivity contribution in [3.05, 3.63) is 69.6 Å². The van der Waals surface area contributed by atoms with Crippen LogP contribution in [0.2, 0.25) is 5.02 Å². The van der Waals surface area contributed by atoms with E-state index in [0.29, 0.717) is 10.7 Å². The molecule has 3 N–H and O–H groups in total. The van der Waals surface area contributed by atoms with Crippen LogP contribution in [-0.4, -0.2) is 60.0 Å². The maximum atomic E-state index is 13.6. The maximum Gasteiger partial charge on any atom is 0.472 e. The van der Waals surface area contributed by atoms with Gasteiger partial charge in [-0.25, -0.2) is 13.9 Å². The lowest BCUT2D eigenvalue weighted by atomic mass is 10.0. The van der Waals surface area contributed by atoms with Crippen LogP contribution < -0.4 is 15.4 Å². The summed E-state index contributed by atoms with van der Waals surface area (Å²) in [5.41, 5.74) is -4.04. The first-order valence-corrected chi connectivity index (χ1v) is 14.9. The number of anilines is 1. The Morgan fingerprint density at radius 2 is 1.80 bits per heavy atom. The SMILES string of the molecule is Cc1cc(C#N)cc(C(=O)NC2(C=S(C)(=O)NC(=O)C(F)(F)F)CC2)c1NC(=O)c1cc(C(F)(F)F)nn1-c1ncccc1Cl. The van der Waals surface area contributed by atoms with Gasteiger partial charge in [-0.2, -0.15) is 36.7 Å². The summed E-state index contributed by atoms with van der Waals surface area (Å²) in [4.78, 5) is 42.1. The Morgan fingerprint density at radius 1 is 1.13 bits per heavy atom. The van der Waals surface area contributed by atoms with Crippen LogP contribution in [0.4, 0.5) is 32.0 Å². The van der Waals surface area contributed by atoms with Crippen LogP contribution in [0, 0.1) is 18.3 Å². The molecule has 19 heteroatoms. The molecule has 3 amide bonds. The Hall–Kier alpha value is -4.63. The number of nitrogens with zero attached hydrogens (tertiary/aromatic N) is 4. The quantitative estimate of drug-likeness (QED) is 0.253. The number of rotatable bonds is 7. The molecule has 238 valence electrons. The predicted molar refractivity (Wildman–Crippen MR) is 149 cm³/mol. The first-order valence-electron chi connectivity index (χ1n) is 12.5. The van der Waals surface area contributed by atoms with Crippen molar-refractivity contribution in [2.75, 3.05) is 11.6 Å². The largest absolute Gasteiger partial charge is 0.472 e. The Morgan fingerprint density at radius 3 is 2.36 bits per heavy atom. The molecular weight excluding hydrogens is 656 g/mol. The van der Waals surface area contributed by atoms with Gasteiger partial charge in [0.05, 0.1) is 43.2 Å². The maximum absolute atomic E-state index is 13.6. The molecule has 1 unspecified atom stereocenters. The lowest BCUT2D eigenvalue weighted by Gasteiger charge is -2.19. The van der Waals surface area contributed by atoms with Gasteiger partial charge in [0.1, 0.15) is 5.69 Å². The topological polar surface area (TPSA) is 159 Å². The fourth-order valence-electron chi connectivity index (χ4n) is 4.15. The molecule has 2 heterocycles. The molecular formula is C26H20ClF6N7O4S. The number of hydrogen-bond donors (Lipinski definition) is 3. The van der Waals surface area contributed by atoms with Crippen LogP contribution in [-0.2, 0) is 20.7 Å². The van der Waals surface area contributed by atoms with E-state index in [1.165, 1.54) is 36.0 Å². The molecule has 1 aliphatic rings. The number of alkyl halides is 6. The van der Waals surface area contributed by atoms with Crippen molar-refractivity contribution in [2.24, 2.45) is 0 Å². The number of pyridine rings is 1. The monoisotopic (exact) mass is 675 g/mol. The molecule has 0 aliphatic heterocycles. The summed E-state index contributed by atoms with van der Waals surface area (Å²) in [5.74, 6) is -4.91. The Kier molecular flexibility index (Phi) is 8.65. The minimum atomic E-state index is -5.31. The molecule has 2 aromatic heterocycles. The van der Waals surface area contributed by atoms with Crippen molar-refractivity contribution in [3.8, 4) is 11.9 Å². The van der Waals surface area contributed by atoms with Crippen LogP contribution >= 0.6 is 11.6 Å². The van der Waals surface area contributed by atoms with E-state index < -0.39 is 56.7 Å². The smallest absolute Gasteiger partial charge is 0.342 e. The molecule has 45 heavy (non-hydrogen) atoms. The van der Waals surface area contributed by atoms with Crippen LogP contribution in [0.25, 0.3) is 5.82 Å². The van der Waals surface area contributed by atoms with E-state index >= 15 is 0 Å². The molecule has 3 aromatic rings. The fraction of sp³-hybridized carbons (Fsp3) is 0.269. The number of hydrogen-bond acceptors (Lipinski definition) is 7. The average Bonchev–Trinajstić information content (AvgIpc) is 3.48. The van der Waals surface area contributed by atoms with Crippen molar-refractivity contribution in [2.45, 2.75) is 37.7 Å². The van der Waals surface area contributed by atoms with Crippen LogP contribution in [0.3, 0.4) is 0 Å². The van der Waals surface area contributed by atoms with Gasteiger partial charge in [0, 0.05) is 23.9 Å². The third-order valence-electron chi connectivity index (χ3n) is 6.27. The number of aromatic nitrogens is 3. The van der Waals surface area contributed by atoms with Crippen molar-refractivity contribution >= 4 is 50.1 Å². The van der Waals surface area contributed by atoms with Crippen LogP contribution in [0.15, 0.2) is 36.5 Å². The fourth-order valence-corrected chi connectivity index (χ4v) is 6.05. The van der Waals surface area contributed by atoms with E-state index in [1.807, 2.05) is 6.07 Å². The number of aryl methyl sites for hydroxylation is 1. The zero-order valence-electron chi connectivity index (χ0n) is 22.9. The minimum Gasteiger partial charge on any atom is -0.342 e. The average molecular weight is 676 g/mol. The third kappa shape index (κ3) is 7.54. The second-order valence-electron chi connectivity index (χ2n) is 9.98. The highest BCUT2D eigenvalue weighted by Crippen LogP contribution is 2.36. The summed E-state index contributed by atoms with van der Waals surface area (Å²) in [6.45, 7) is 1.39. The Bertz CT molecular complexity index is 1890. The van der Waals surface area contributed by atoms with Gasteiger partial charge in [0.25, 0.3) is 11.8 Å². The van der Waals surface area contributed by atoms with Gasteiger partial charge in [-0.15, -0.1) is 0 Å². The zero-order chi connectivity index (χ0) is 33.5. The number of halogens is 7. The number of benzene rings is 1. The normalized spacial score (nSPS) is 15.3. The van der Waals surface area contributed by atoms with Gasteiger partial charge >= 0.3 is 18.3 Å². The van der Waals surface area contributed by atoms with E-state index in [-0.39, 0.29) is 46.1 Å². The molecule has 11 nitrogen and oxygen atoms in total. The molecule has 1 aromatic carbocycles. The number of carbonyl (C=O) groups is 3. The standard InChI is InChI=1S/C26H20ClF6N7O4S/c1-13-8-14(11-34)9-15(21(41)37-24(5-6-24)12-45(2,44)39-23(43)26(31,32)33)19(13)36-22(42)17-10-18(25(28,29)30)38-40(17)20-16(27)4-3-7-35-20/h3-4,7-10,12H,5-6H2,1-2H3,(H,36,42)(H,37,41)(H,39,43,44). The van der Waals surface area contributed by atoms with Gasteiger partial charge in [-0.3, -0.25) is 19.1 Å². The highest BCUT2D eigenvalue weighted by Gasteiger charge is 2.46. The molecule has 1 saturated carbocycles. The minimum absolute atomic E-state index is 0.0501. The van der Waals surface area contributed by atoms with Gasteiger partial charge in [0.15, 0.2) is 11.5 Å². The summed E-state index contributed by atoms with van der Waals surface area (Å²) < 4.78 is 93.5. The van der Waals surface area contributed by atoms with E-state index in [9.17, 15) is 50.2 Å². The summed E-state index contributed by atoms with van der Waals surface area (Å²) in [7, 11) is -3.77. The van der Waals surface area contributed by atoms with E-state index in [2.05, 4.69) is 20.7 Å². The lowest BCUT2D eigenvalue weighted by Crippen LogP contribution is -2.45. The molecule has 0 bridgehead atoms. The molecule has 1 aliphatic carbocycles. The van der Waals surface area contributed by atoms with Gasteiger partial charge in [-0.05, 0) is 49.6 Å². The molecule has 1 atom stereocenters. The zero-order valence-corrected chi connectivity index (χ0v) is 24.5. The summed E-state index contributed by atoms with van der Waals surface area (Å²) in [6.07, 6.45) is -8.00. The number of carbonyl (C=O) groups excluding carboxylic acids is 3. The summed E-state index contributed by atoms with van der Waals surface area (Å²) >= 11 is 6.09. The number of nitrogens with one attached hydrogen (secondary N) is 3. The van der Waals surface area contributed by atoms with Crippen LogP contribution in [0.5, 0.6) is 0 Å². The van der Waals surface area contributed by atoms with Gasteiger partial charge in [-0.1, -0.05) is 11.6 Å². The molecule has 0 radical (unpaired) electrons. The third-order valence-corrected chi connectivity index (χ3v) is 8.06. The van der Waals surface area contributed by atoms with E-state index in [0.717, 1.165) is 17.7 Å². The first kappa shape index (κ1) is 33.3. The van der Waals surface area contributed by atoms with E-state index in [1.54, 1.807) is 0 Å². The molecule has 1 fully saturated rings. The molecule has 4 rings (SSSR count). The highest BCUT2D eigenvalue weighted by molar-refractivity contribution is 7.99. The Labute approximate surface area is 255 Å². The second kappa shape index (κ2) is 11.7. The first-order chi connectivity index (χ1) is 20.7. The number of amides is 3. The second-order valence-corrected chi connectivity index (χ2v) is 12.6. The molecule has 0 saturated heterocycles. The lowest BCUT2D eigenvalue weighted by molar-refractivity contribution is -0.171. The highest BCUT2D eigenvalue weighted by atomic mass is 35.5. The summed E-state index contributed by atoms with van der Waals surface area (Å²) in [5, 5.41) is 18.5. The summed E-state index contributed by atoms with van der Waals surface area (Å²) in [6, 6.07) is 7.32. The van der Waals surface area contributed by atoms with Crippen molar-refractivity contribution in [1.29, 1.82) is 5.26 Å². The number of nitriles is 1. The van der Waals surface area contributed by atoms with Gasteiger partial charge in [0.2, 0.25) is 0 Å². The van der Waals surface area contributed by atoms with Crippen molar-refractivity contribution in [3.63, 3.8) is 0 Å². The van der Waals surface area contributed by atoms with E-state index in [4.69, 9.17) is 11.6 Å². The van der Waals surface area contributed by atoms with Crippen LogP contribution in [0.1, 0.15) is 50.5 Å².